The van der Waals surface area contributed by atoms with Crippen LogP contribution in [0.3, 0.4) is 0 Å². The molecule has 1 unspecified atom stereocenters. The average molecular weight is 478 g/mol. The highest BCUT2D eigenvalue weighted by molar-refractivity contribution is 6.46. The van der Waals surface area contributed by atoms with Crippen molar-refractivity contribution in [1.82, 2.24) is 14.5 Å². The third kappa shape index (κ3) is 4.89. The number of amides is 1. The van der Waals surface area contributed by atoms with E-state index in [0.717, 1.165) is 0 Å². The van der Waals surface area contributed by atoms with Crippen LogP contribution in [0.1, 0.15) is 23.6 Å². The fourth-order valence-electron chi connectivity index (χ4n) is 3.96. The summed E-state index contributed by atoms with van der Waals surface area (Å²) in [7, 11) is 0. The van der Waals surface area contributed by atoms with Gasteiger partial charge in [-0.25, -0.2) is 4.98 Å². The van der Waals surface area contributed by atoms with Crippen molar-refractivity contribution in [3.05, 3.63) is 102 Å². The van der Waals surface area contributed by atoms with Crippen LogP contribution in [0, 0.1) is 0 Å². The van der Waals surface area contributed by atoms with Crippen LogP contribution in [0.15, 0.2) is 85.5 Å². The summed E-state index contributed by atoms with van der Waals surface area (Å²) in [4.78, 5) is 31.7. The maximum absolute atomic E-state index is 13.1. The monoisotopic (exact) mass is 477 g/mol. The number of nitrogens with zero attached hydrogens (tertiary/aromatic N) is 3. The quantitative estimate of drug-likeness (QED) is 0.210. The Labute approximate surface area is 202 Å². The van der Waals surface area contributed by atoms with Crippen LogP contribution in [-0.4, -0.2) is 44.4 Å². The first kappa shape index (κ1) is 23.3. The lowest BCUT2D eigenvalue weighted by atomic mass is 9.95. The highest BCUT2D eigenvalue weighted by Gasteiger charge is 2.45. The number of carbonyl (C=O) groups excluding carboxylic acids is 2. The predicted octanol–water partition coefficient (Wildman–Crippen LogP) is 4.61. The Hall–Kier alpha value is -3.84. The SMILES string of the molecule is C=CCOc1ccc(C2C(=C(O)c3ccc(Cl)cc3)C(=O)C(=O)N2CCCn2ccnc2)cc1. The van der Waals surface area contributed by atoms with Crippen molar-refractivity contribution in [3.63, 3.8) is 0 Å². The van der Waals surface area contributed by atoms with Crippen molar-refractivity contribution < 1.29 is 19.4 Å². The molecule has 34 heavy (non-hydrogen) atoms. The Kier molecular flexibility index (Phi) is 7.13. The highest BCUT2D eigenvalue weighted by Crippen LogP contribution is 2.40. The van der Waals surface area contributed by atoms with E-state index in [4.69, 9.17) is 16.3 Å². The van der Waals surface area contributed by atoms with Crippen LogP contribution in [0.2, 0.25) is 5.02 Å². The first-order valence-electron chi connectivity index (χ1n) is 10.8. The Bertz CT molecular complexity index is 1200. The third-order valence-corrected chi connectivity index (χ3v) is 5.85. The van der Waals surface area contributed by atoms with Gasteiger partial charge < -0.3 is 19.3 Å². The number of aliphatic hydroxyl groups is 1. The molecule has 1 fully saturated rings. The number of aromatic nitrogens is 2. The molecule has 1 N–H and O–H groups in total. The number of ketones is 1. The summed E-state index contributed by atoms with van der Waals surface area (Å²) < 4.78 is 7.46. The molecule has 1 aromatic heterocycles. The minimum Gasteiger partial charge on any atom is -0.507 e. The number of carbonyl (C=O) groups is 2. The molecular weight excluding hydrogens is 454 g/mol. The second-order valence-corrected chi connectivity index (χ2v) is 8.26. The predicted molar refractivity (Wildman–Crippen MR) is 129 cm³/mol. The van der Waals surface area contributed by atoms with Crippen molar-refractivity contribution in [3.8, 4) is 5.75 Å². The van der Waals surface area contributed by atoms with E-state index in [0.29, 0.717) is 48.0 Å². The second-order valence-electron chi connectivity index (χ2n) is 7.82. The topological polar surface area (TPSA) is 84.7 Å². The van der Waals surface area contributed by atoms with Gasteiger partial charge in [0.2, 0.25) is 0 Å². The second kappa shape index (κ2) is 10.4. The van der Waals surface area contributed by atoms with Gasteiger partial charge in [-0.3, -0.25) is 9.59 Å². The first-order valence-corrected chi connectivity index (χ1v) is 11.2. The number of hydrogen-bond acceptors (Lipinski definition) is 5. The lowest BCUT2D eigenvalue weighted by Crippen LogP contribution is -2.31. The summed E-state index contributed by atoms with van der Waals surface area (Å²) in [5, 5.41) is 11.6. The van der Waals surface area contributed by atoms with E-state index >= 15 is 0 Å². The van der Waals surface area contributed by atoms with Gasteiger partial charge in [0.1, 0.15) is 18.1 Å². The minimum atomic E-state index is -0.730. The van der Waals surface area contributed by atoms with Crippen LogP contribution < -0.4 is 4.74 Å². The molecule has 7 nitrogen and oxygen atoms in total. The fraction of sp³-hybridized carbons (Fsp3) is 0.192. The number of likely N-dealkylation sites (tertiary alicyclic amines) is 1. The molecule has 1 atom stereocenters. The number of ether oxygens (including phenoxy) is 1. The number of aryl methyl sites for hydroxylation is 1. The van der Waals surface area contributed by atoms with E-state index in [9.17, 15) is 14.7 Å². The number of aliphatic hydroxyl groups excluding tert-OH is 1. The molecule has 1 aliphatic heterocycles. The Balaban J connectivity index is 1.70. The van der Waals surface area contributed by atoms with Gasteiger partial charge in [0.05, 0.1) is 17.9 Å². The van der Waals surface area contributed by atoms with Gasteiger partial charge in [-0.15, -0.1) is 0 Å². The maximum Gasteiger partial charge on any atom is 0.295 e. The zero-order valence-electron chi connectivity index (χ0n) is 18.4. The molecule has 2 aromatic carbocycles. The van der Waals surface area contributed by atoms with Crippen molar-refractivity contribution >= 4 is 29.1 Å². The summed E-state index contributed by atoms with van der Waals surface area (Å²) in [6.45, 7) is 4.98. The average Bonchev–Trinajstić information content (AvgIpc) is 3.45. The van der Waals surface area contributed by atoms with E-state index < -0.39 is 17.7 Å². The van der Waals surface area contributed by atoms with E-state index in [-0.39, 0.29) is 11.3 Å². The normalized spacial score (nSPS) is 17.2. The van der Waals surface area contributed by atoms with Crippen molar-refractivity contribution in [2.75, 3.05) is 13.2 Å². The lowest BCUT2D eigenvalue weighted by molar-refractivity contribution is -0.139. The third-order valence-electron chi connectivity index (χ3n) is 5.60. The number of rotatable bonds is 9. The van der Waals surface area contributed by atoms with Gasteiger partial charge in [0, 0.05) is 36.1 Å². The Morgan fingerprint density at radius 3 is 2.50 bits per heavy atom. The largest absolute Gasteiger partial charge is 0.507 e. The summed E-state index contributed by atoms with van der Waals surface area (Å²) in [5.74, 6) is -0.951. The molecule has 2 heterocycles. The highest BCUT2D eigenvalue weighted by atomic mass is 35.5. The molecule has 1 saturated heterocycles. The van der Waals surface area contributed by atoms with Crippen molar-refractivity contribution in [2.45, 2.75) is 19.0 Å². The Morgan fingerprint density at radius 2 is 1.85 bits per heavy atom. The van der Waals surface area contributed by atoms with Crippen molar-refractivity contribution in [1.29, 1.82) is 0 Å². The zero-order valence-corrected chi connectivity index (χ0v) is 19.2. The van der Waals surface area contributed by atoms with Gasteiger partial charge in [0.25, 0.3) is 11.7 Å². The summed E-state index contributed by atoms with van der Waals surface area (Å²) >= 11 is 5.97. The lowest BCUT2D eigenvalue weighted by Gasteiger charge is -2.25. The molecule has 0 radical (unpaired) electrons. The van der Waals surface area contributed by atoms with Gasteiger partial charge in [-0.05, 0) is 48.4 Å². The first-order chi connectivity index (χ1) is 16.5. The number of halogens is 1. The summed E-state index contributed by atoms with van der Waals surface area (Å²) in [5.41, 5.74) is 1.16. The summed E-state index contributed by atoms with van der Waals surface area (Å²) in [6.07, 6.45) is 7.49. The molecule has 3 aromatic rings. The fourth-order valence-corrected chi connectivity index (χ4v) is 4.09. The van der Waals surface area contributed by atoms with Gasteiger partial charge in [-0.2, -0.15) is 0 Å². The molecule has 0 spiro atoms. The summed E-state index contributed by atoms with van der Waals surface area (Å²) in [6, 6.07) is 12.9. The van der Waals surface area contributed by atoms with Crippen LogP contribution in [-0.2, 0) is 16.1 Å². The van der Waals surface area contributed by atoms with Gasteiger partial charge in [0.15, 0.2) is 0 Å². The van der Waals surface area contributed by atoms with E-state index in [1.807, 2.05) is 10.8 Å². The van der Waals surface area contributed by atoms with Crippen LogP contribution in [0.5, 0.6) is 5.75 Å². The maximum atomic E-state index is 13.1. The Morgan fingerprint density at radius 1 is 1.12 bits per heavy atom. The number of hydrogen-bond donors (Lipinski definition) is 1. The molecule has 1 amide bonds. The van der Waals surface area contributed by atoms with E-state index in [1.54, 1.807) is 67.1 Å². The van der Waals surface area contributed by atoms with Crippen LogP contribution in [0.4, 0.5) is 0 Å². The number of Topliss-reactive ketones (excluding diaryl/α,β-unsaturated/α-hetero) is 1. The molecule has 1 aliphatic rings. The van der Waals surface area contributed by atoms with Crippen molar-refractivity contribution in [2.24, 2.45) is 0 Å². The van der Waals surface area contributed by atoms with Crippen LogP contribution in [0.25, 0.3) is 5.76 Å². The molecule has 0 aliphatic carbocycles. The van der Waals surface area contributed by atoms with Crippen LogP contribution >= 0.6 is 11.6 Å². The standard InChI is InChI=1S/C26H24ClN3O4/c1-2-16-34-21-10-6-18(7-11-21)23-22(24(31)19-4-8-20(27)9-5-19)25(32)26(33)30(23)14-3-13-29-15-12-28-17-29/h2,4-12,15,17,23,31H,1,3,13-14,16H2. The number of benzene rings is 2. The van der Waals surface area contributed by atoms with Gasteiger partial charge in [-0.1, -0.05) is 36.4 Å². The molecule has 8 heteroatoms. The smallest absolute Gasteiger partial charge is 0.295 e. The van der Waals surface area contributed by atoms with E-state index in [2.05, 4.69) is 11.6 Å². The molecule has 0 bridgehead atoms. The molecule has 0 saturated carbocycles. The minimum absolute atomic E-state index is 0.0507. The van der Waals surface area contributed by atoms with E-state index in [1.165, 1.54) is 4.90 Å². The van der Waals surface area contributed by atoms with Gasteiger partial charge >= 0.3 is 0 Å². The molecule has 174 valence electrons. The molecular formula is C26H24ClN3O4. The molecule has 4 rings (SSSR count). The zero-order chi connectivity index (χ0) is 24.1. The number of imidazole rings is 1.